The van der Waals surface area contributed by atoms with Crippen LogP contribution in [0.25, 0.3) is 11.3 Å². The highest BCUT2D eigenvalue weighted by atomic mass is 16.5. The van der Waals surface area contributed by atoms with Gasteiger partial charge in [0.05, 0.1) is 11.3 Å². The number of rotatable bonds is 7. The van der Waals surface area contributed by atoms with Crippen LogP contribution < -0.4 is 20.7 Å². The van der Waals surface area contributed by atoms with Crippen LogP contribution >= 0.6 is 0 Å². The number of anilines is 2. The zero-order valence-electron chi connectivity index (χ0n) is 18.4. The summed E-state index contributed by atoms with van der Waals surface area (Å²) in [7, 11) is 1.76. The van der Waals surface area contributed by atoms with Gasteiger partial charge >= 0.3 is 6.03 Å². The van der Waals surface area contributed by atoms with Crippen molar-refractivity contribution < 1.29 is 9.53 Å². The molecule has 0 aliphatic rings. The normalized spacial score (nSPS) is 10.4. The van der Waals surface area contributed by atoms with Gasteiger partial charge in [-0.3, -0.25) is 0 Å². The number of hydrogen-bond donors (Lipinski definition) is 3. The first-order chi connectivity index (χ1) is 16.1. The minimum Gasteiger partial charge on any atom is -0.438 e. The van der Waals surface area contributed by atoms with Crippen molar-refractivity contribution in [3.63, 3.8) is 0 Å². The van der Waals surface area contributed by atoms with Gasteiger partial charge in [-0.1, -0.05) is 29.8 Å². The zero-order valence-corrected chi connectivity index (χ0v) is 18.4. The predicted octanol–water partition coefficient (Wildman–Crippen LogP) is 5.00. The highest BCUT2D eigenvalue weighted by molar-refractivity contribution is 5.89. The number of carbonyl (C=O) groups is 1. The fourth-order valence-electron chi connectivity index (χ4n) is 3.19. The zero-order chi connectivity index (χ0) is 23.0. The molecule has 8 heteroatoms. The van der Waals surface area contributed by atoms with E-state index in [9.17, 15) is 4.79 Å². The van der Waals surface area contributed by atoms with Crippen molar-refractivity contribution in [2.24, 2.45) is 0 Å². The maximum absolute atomic E-state index is 12.2. The van der Waals surface area contributed by atoms with E-state index in [4.69, 9.17) is 4.74 Å². The molecule has 3 N–H and O–H groups in total. The van der Waals surface area contributed by atoms with Gasteiger partial charge < -0.3 is 20.7 Å². The van der Waals surface area contributed by atoms with Gasteiger partial charge in [-0.05, 0) is 55.0 Å². The average molecular weight is 441 g/mol. The second-order valence-corrected chi connectivity index (χ2v) is 7.29. The summed E-state index contributed by atoms with van der Waals surface area (Å²) in [5.74, 6) is 1.52. The smallest absolute Gasteiger partial charge is 0.319 e. The molecule has 33 heavy (non-hydrogen) atoms. The summed E-state index contributed by atoms with van der Waals surface area (Å²) < 4.78 is 5.99. The molecule has 0 spiro atoms. The lowest BCUT2D eigenvalue weighted by molar-refractivity contribution is 0.251. The van der Waals surface area contributed by atoms with Crippen LogP contribution in [0.1, 0.15) is 11.1 Å². The van der Waals surface area contributed by atoms with Crippen molar-refractivity contribution >= 4 is 17.7 Å². The summed E-state index contributed by atoms with van der Waals surface area (Å²) in [6.45, 7) is 2.48. The third-order valence-corrected chi connectivity index (χ3v) is 4.79. The molecule has 0 saturated carbocycles. The van der Waals surface area contributed by atoms with Crippen LogP contribution in [0.3, 0.4) is 0 Å². The number of ether oxygens (including phenoxy) is 1. The molecule has 2 aromatic heterocycles. The lowest BCUT2D eigenvalue weighted by atomic mass is 10.1. The number of aromatic nitrogens is 3. The topological polar surface area (TPSA) is 101 Å². The third-order valence-electron chi connectivity index (χ3n) is 4.79. The molecule has 0 fully saturated rings. The van der Waals surface area contributed by atoms with Crippen molar-refractivity contribution in [2.45, 2.75) is 13.5 Å². The van der Waals surface area contributed by atoms with E-state index in [2.05, 4.69) is 30.9 Å². The number of benzene rings is 2. The molecule has 0 unspecified atom stereocenters. The van der Waals surface area contributed by atoms with Gasteiger partial charge in [0.2, 0.25) is 11.8 Å². The summed E-state index contributed by atoms with van der Waals surface area (Å²) in [4.78, 5) is 25.2. The van der Waals surface area contributed by atoms with Crippen LogP contribution in [0, 0.1) is 6.92 Å². The van der Waals surface area contributed by atoms with Crippen LogP contribution in [0.2, 0.25) is 0 Å². The van der Waals surface area contributed by atoms with E-state index in [1.807, 2.05) is 43.3 Å². The van der Waals surface area contributed by atoms with Crippen molar-refractivity contribution in [3.05, 3.63) is 90.3 Å². The van der Waals surface area contributed by atoms with E-state index >= 15 is 0 Å². The van der Waals surface area contributed by atoms with Crippen LogP contribution in [-0.2, 0) is 6.54 Å². The van der Waals surface area contributed by atoms with Crippen molar-refractivity contribution in [2.75, 3.05) is 17.7 Å². The minimum absolute atomic E-state index is 0.277. The maximum Gasteiger partial charge on any atom is 0.319 e. The van der Waals surface area contributed by atoms with Crippen LogP contribution in [0.15, 0.2) is 79.1 Å². The predicted molar refractivity (Wildman–Crippen MR) is 128 cm³/mol. The summed E-state index contributed by atoms with van der Waals surface area (Å²) in [6.07, 6.45) is 3.34. The van der Waals surface area contributed by atoms with E-state index in [1.165, 1.54) is 0 Å². The number of aryl methyl sites for hydroxylation is 1. The monoisotopic (exact) mass is 440 g/mol. The van der Waals surface area contributed by atoms with Gasteiger partial charge in [0.15, 0.2) is 0 Å². The summed E-state index contributed by atoms with van der Waals surface area (Å²) in [5, 5.41) is 8.60. The number of nitrogens with zero attached hydrogens (tertiary/aromatic N) is 3. The van der Waals surface area contributed by atoms with Crippen LogP contribution in [-0.4, -0.2) is 28.0 Å². The number of amides is 2. The molecular weight excluding hydrogens is 416 g/mol. The van der Waals surface area contributed by atoms with E-state index in [-0.39, 0.29) is 6.03 Å². The minimum atomic E-state index is -0.277. The first-order valence-electron chi connectivity index (χ1n) is 10.5. The van der Waals surface area contributed by atoms with Gasteiger partial charge in [0.25, 0.3) is 0 Å². The number of hydrogen-bond acceptors (Lipinski definition) is 6. The highest BCUT2D eigenvalue weighted by Crippen LogP contribution is 2.30. The lowest BCUT2D eigenvalue weighted by Gasteiger charge is -2.11. The molecule has 0 aliphatic heterocycles. The molecule has 2 amide bonds. The van der Waals surface area contributed by atoms with Crippen molar-refractivity contribution in [1.82, 2.24) is 20.3 Å². The Labute approximate surface area is 192 Å². The SMILES string of the molecule is CNc1nccc(-c2cccnc2Oc2ccc(NC(=O)NCc3cccc(C)c3)cc2)n1. The van der Waals surface area contributed by atoms with Gasteiger partial charge in [-0.2, -0.15) is 0 Å². The largest absolute Gasteiger partial charge is 0.438 e. The number of nitrogens with one attached hydrogen (secondary N) is 3. The van der Waals surface area contributed by atoms with Gasteiger partial charge in [0, 0.05) is 31.7 Å². The van der Waals surface area contributed by atoms with E-state index in [1.54, 1.807) is 49.8 Å². The quantitative estimate of drug-likeness (QED) is 0.374. The molecule has 0 aliphatic carbocycles. The van der Waals surface area contributed by atoms with E-state index in [0.717, 1.165) is 16.7 Å². The number of urea groups is 1. The molecular formula is C25H24N6O2. The highest BCUT2D eigenvalue weighted by Gasteiger charge is 2.11. The molecule has 4 rings (SSSR count). The lowest BCUT2D eigenvalue weighted by Crippen LogP contribution is -2.28. The van der Waals surface area contributed by atoms with Crippen molar-refractivity contribution in [1.29, 1.82) is 0 Å². The Balaban J connectivity index is 1.39. The van der Waals surface area contributed by atoms with E-state index < -0.39 is 0 Å². The van der Waals surface area contributed by atoms with Crippen LogP contribution in [0.4, 0.5) is 16.4 Å². The summed E-state index contributed by atoms with van der Waals surface area (Å²) >= 11 is 0. The second kappa shape index (κ2) is 10.2. The molecule has 4 aromatic rings. The Bertz CT molecular complexity index is 1240. The third kappa shape index (κ3) is 5.82. The number of pyridine rings is 1. The Morgan fingerprint density at radius 1 is 0.970 bits per heavy atom. The maximum atomic E-state index is 12.2. The molecule has 0 bridgehead atoms. The van der Waals surface area contributed by atoms with Gasteiger partial charge in [-0.15, -0.1) is 0 Å². The van der Waals surface area contributed by atoms with Gasteiger partial charge in [0.1, 0.15) is 5.75 Å². The Hall–Kier alpha value is -4.46. The molecule has 0 radical (unpaired) electrons. The number of carbonyl (C=O) groups excluding carboxylic acids is 1. The van der Waals surface area contributed by atoms with Crippen molar-refractivity contribution in [3.8, 4) is 22.9 Å². The molecule has 166 valence electrons. The van der Waals surface area contributed by atoms with E-state index in [0.29, 0.717) is 35.5 Å². The Morgan fingerprint density at radius 3 is 2.61 bits per heavy atom. The Morgan fingerprint density at radius 2 is 1.82 bits per heavy atom. The molecule has 0 saturated heterocycles. The first-order valence-corrected chi connectivity index (χ1v) is 10.5. The standard InChI is InChI=1S/C25H24N6O2/c1-17-5-3-6-18(15-17)16-29-25(32)30-19-8-10-20(11-9-19)33-23-21(7-4-13-27-23)22-12-14-28-24(26-2)31-22/h3-15H,16H2,1-2H3,(H,26,28,31)(H2,29,30,32). The molecule has 2 aromatic carbocycles. The summed E-state index contributed by atoms with van der Waals surface area (Å²) in [5.41, 5.74) is 4.30. The first kappa shape index (κ1) is 21.8. The van der Waals surface area contributed by atoms with Crippen LogP contribution in [0.5, 0.6) is 11.6 Å². The molecule has 2 heterocycles. The fourth-order valence-corrected chi connectivity index (χ4v) is 3.19. The molecule has 0 atom stereocenters. The Kier molecular flexibility index (Phi) is 6.75. The average Bonchev–Trinajstić information content (AvgIpc) is 2.84. The molecule has 8 nitrogen and oxygen atoms in total. The van der Waals surface area contributed by atoms with Gasteiger partial charge in [-0.25, -0.2) is 19.7 Å². The summed E-state index contributed by atoms with van der Waals surface area (Å²) in [6, 6.07) is 20.3. The second-order valence-electron chi connectivity index (χ2n) is 7.29. The fraction of sp³-hybridized carbons (Fsp3) is 0.120.